The van der Waals surface area contributed by atoms with Crippen molar-refractivity contribution in [2.24, 2.45) is 0 Å². The van der Waals surface area contributed by atoms with Crippen molar-refractivity contribution in [3.8, 4) is 11.1 Å². The van der Waals surface area contributed by atoms with Crippen LogP contribution in [0.4, 0.5) is 0 Å². The van der Waals surface area contributed by atoms with Gasteiger partial charge in [-0.3, -0.25) is 0 Å². The highest BCUT2D eigenvalue weighted by Crippen LogP contribution is 2.31. The van der Waals surface area contributed by atoms with Crippen LogP contribution in [0.5, 0.6) is 0 Å². The molecule has 3 N–H and O–H groups in total. The van der Waals surface area contributed by atoms with Crippen molar-refractivity contribution in [1.82, 2.24) is 15.3 Å². The lowest BCUT2D eigenvalue weighted by Crippen LogP contribution is -2.32. The molecule has 5 rings (SSSR count). The van der Waals surface area contributed by atoms with Crippen molar-refractivity contribution in [3.63, 3.8) is 0 Å². The van der Waals surface area contributed by atoms with Crippen LogP contribution in [0.25, 0.3) is 22.2 Å². The Kier molecular flexibility index (Phi) is 4.23. The topological polar surface area (TPSA) is 60.9 Å². The molecule has 0 saturated carbocycles. The van der Waals surface area contributed by atoms with Crippen LogP contribution in [0, 0.1) is 6.92 Å². The third-order valence-electron chi connectivity index (χ3n) is 5.88. The number of nitrogens with one attached hydrogen (secondary N) is 2. The highest BCUT2D eigenvalue weighted by Gasteiger charge is 2.29. The van der Waals surface area contributed by atoms with E-state index in [0.29, 0.717) is 0 Å². The number of H-pyrrole nitrogens is 1. The summed E-state index contributed by atoms with van der Waals surface area (Å²) in [6.07, 6.45) is 2.18. The van der Waals surface area contributed by atoms with Gasteiger partial charge in [-0.25, -0.2) is 4.98 Å². The molecule has 2 unspecified atom stereocenters. The second-order valence-electron chi connectivity index (χ2n) is 7.57. The molecule has 1 aliphatic rings. The molecule has 0 spiro atoms. The van der Waals surface area contributed by atoms with E-state index in [1.807, 2.05) is 18.2 Å². The second-order valence-corrected chi connectivity index (χ2v) is 7.57. The maximum atomic E-state index is 10.5. The molecule has 0 aliphatic heterocycles. The fraction of sp³-hybridized carbons (Fsp3) is 0.208. The van der Waals surface area contributed by atoms with Crippen LogP contribution in [0.15, 0.2) is 67.0 Å². The Morgan fingerprint density at radius 2 is 1.89 bits per heavy atom. The average Bonchev–Trinajstić information content (AvgIpc) is 3.33. The van der Waals surface area contributed by atoms with Gasteiger partial charge in [0.05, 0.1) is 23.5 Å². The minimum absolute atomic E-state index is 0.0714. The van der Waals surface area contributed by atoms with Crippen LogP contribution < -0.4 is 5.32 Å². The zero-order valence-corrected chi connectivity index (χ0v) is 15.8. The van der Waals surface area contributed by atoms with Gasteiger partial charge in [-0.05, 0) is 52.8 Å². The maximum Gasteiger partial charge on any atom is 0.0948 e. The number of benzene rings is 3. The van der Waals surface area contributed by atoms with E-state index in [4.69, 9.17) is 0 Å². The van der Waals surface area contributed by atoms with Gasteiger partial charge in [-0.2, -0.15) is 0 Å². The summed E-state index contributed by atoms with van der Waals surface area (Å²) < 4.78 is 0. The quantitative estimate of drug-likeness (QED) is 0.503. The van der Waals surface area contributed by atoms with E-state index in [1.165, 1.54) is 27.8 Å². The summed E-state index contributed by atoms with van der Waals surface area (Å²) in [6, 6.07) is 21.1. The zero-order chi connectivity index (χ0) is 19.1. The van der Waals surface area contributed by atoms with Crippen LogP contribution in [0.2, 0.25) is 0 Å². The number of aromatic amines is 1. The first-order valence-electron chi connectivity index (χ1n) is 9.72. The van der Waals surface area contributed by atoms with Crippen molar-refractivity contribution in [2.75, 3.05) is 0 Å². The number of aliphatic hydroxyl groups is 1. The molecule has 140 valence electrons. The normalized spacial score (nSPS) is 18.5. The summed E-state index contributed by atoms with van der Waals surface area (Å²) in [7, 11) is 0. The molecule has 4 heteroatoms. The van der Waals surface area contributed by atoms with Crippen LogP contribution >= 0.6 is 0 Å². The first-order valence-corrected chi connectivity index (χ1v) is 9.72. The number of aliphatic hydroxyl groups excluding tert-OH is 1. The molecule has 0 radical (unpaired) electrons. The van der Waals surface area contributed by atoms with Crippen molar-refractivity contribution < 1.29 is 5.11 Å². The van der Waals surface area contributed by atoms with E-state index in [1.54, 1.807) is 6.33 Å². The minimum Gasteiger partial charge on any atom is -0.387 e. The molecule has 1 aliphatic carbocycles. The summed E-state index contributed by atoms with van der Waals surface area (Å²) in [5.74, 6) is 0. The summed E-state index contributed by atoms with van der Waals surface area (Å²) in [4.78, 5) is 7.56. The van der Waals surface area contributed by atoms with E-state index >= 15 is 0 Å². The fourth-order valence-electron chi connectivity index (χ4n) is 4.28. The number of fused-ring (bicyclic) bond motifs is 2. The van der Waals surface area contributed by atoms with E-state index in [9.17, 15) is 5.11 Å². The molecule has 4 aromatic rings. The Morgan fingerprint density at radius 3 is 2.71 bits per heavy atom. The van der Waals surface area contributed by atoms with Crippen LogP contribution in [0.1, 0.15) is 28.4 Å². The fourth-order valence-corrected chi connectivity index (χ4v) is 4.28. The lowest BCUT2D eigenvalue weighted by atomic mass is 9.98. The number of hydrogen-bond donors (Lipinski definition) is 3. The molecule has 2 atom stereocenters. The molecular weight excluding hydrogens is 346 g/mol. The summed E-state index contributed by atoms with van der Waals surface area (Å²) in [5, 5.41) is 14.1. The largest absolute Gasteiger partial charge is 0.387 e. The van der Waals surface area contributed by atoms with E-state index < -0.39 is 6.10 Å². The predicted molar refractivity (Wildman–Crippen MR) is 112 cm³/mol. The van der Waals surface area contributed by atoms with Crippen molar-refractivity contribution in [3.05, 3.63) is 89.2 Å². The van der Waals surface area contributed by atoms with Gasteiger partial charge < -0.3 is 15.4 Å². The highest BCUT2D eigenvalue weighted by atomic mass is 16.3. The van der Waals surface area contributed by atoms with Crippen molar-refractivity contribution in [2.45, 2.75) is 32.0 Å². The van der Waals surface area contributed by atoms with Crippen molar-refractivity contribution in [1.29, 1.82) is 0 Å². The molecule has 1 heterocycles. The number of imidazole rings is 1. The Hall–Kier alpha value is -2.95. The van der Waals surface area contributed by atoms with Gasteiger partial charge in [0.25, 0.3) is 0 Å². The highest BCUT2D eigenvalue weighted by molar-refractivity contribution is 5.86. The van der Waals surface area contributed by atoms with Gasteiger partial charge >= 0.3 is 0 Å². The van der Waals surface area contributed by atoms with Crippen LogP contribution in [-0.2, 0) is 13.0 Å². The molecule has 0 fully saturated rings. The SMILES string of the molecule is Cc1c(-c2ccc(CNC3Cc4ccccc4C3O)cc2)ccc2nc[nH]c12. The zero-order valence-electron chi connectivity index (χ0n) is 15.8. The Labute approximate surface area is 164 Å². The summed E-state index contributed by atoms with van der Waals surface area (Å²) in [6.45, 7) is 2.87. The molecular formula is C24H23N3O. The molecule has 28 heavy (non-hydrogen) atoms. The number of rotatable bonds is 4. The van der Waals surface area contributed by atoms with Gasteiger partial charge in [0.15, 0.2) is 0 Å². The smallest absolute Gasteiger partial charge is 0.0948 e. The molecule has 0 bridgehead atoms. The molecule has 0 saturated heterocycles. The van der Waals surface area contributed by atoms with E-state index in [2.05, 4.69) is 64.7 Å². The third kappa shape index (κ3) is 2.91. The molecule has 4 nitrogen and oxygen atoms in total. The molecule has 0 amide bonds. The molecule has 3 aromatic carbocycles. The minimum atomic E-state index is -0.431. The predicted octanol–water partition coefficient (Wildman–Crippen LogP) is 4.29. The lowest BCUT2D eigenvalue weighted by Gasteiger charge is -2.17. The monoisotopic (exact) mass is 369 g/mol. The maximum absolute atomic E-state index is 10.5. The Morgan fingerprint density at radius 1 is 1.07 bits per heavy atom. The average molecular weight is 369 g/mol. The van der Waals surface area contributed by atoms with Gasteiger partial charge in [0, 0.05) is 12.6 Å². The van der Waals surface area contributed by atoms with Gasteiger partial charge in [-0.15, -0.1) is 0 Å². The van der Waals surface area contributed by atoms with Gasteiger partial charge in [0.1, 0.15) is 0 Å². The van der Waals surface area contributed by atoms with Gasteiger partial charge in [-0.1, -0.05) is 54.6 Å². The second kappa shape index (κ2) is 6.89. The lowest BCUT2D eigenvalue weighted by molar-refractivity contribution is 0.141. The third-order valence-corrected chi connectivity index (χ3v) is 5.88. The molecule has 1 aromatic heterocycles. The van der Waals surface area contributed by atoms with Crippen LogP contribution in [-0.4, -0.2) is 21.1 Å². The first kappa shape index (κ1) is 17.2. The van der Waals surface area contributed by atoms with Crippen molar-refractivity contribution >= 4 is 11.0 Å². The number of aromatic nitrogens is 2. The summed E-state index contributed by atoms with van der Waals surface area (Å²) >= 11 is 0. The van der Waals surface area contributed by atoms with E-state index in [-0.39, 0.29) is 6.04 Å². The Bertz CT molecular complexity index is 1130. The summed E-state index contributed by atoms with van der Waals surface area (Å²) in [5.41, 5.74) is 9.24. The number of nitrogens with zero attached hydrogens (tertiary/aromatic N) is 1. The van der Waals surface area contributed by atoms with E-state index in [0.717, 1.165) is 29.6 Å². The van der Waals surface area contributed by atoms with Crippen LogP contribution in [0.3, 0.4) is 0 Å². The standard InChI is InChI=1S/C24H23N3O/c1-15-19(10-11-21-23(15)27-14-26-21)17-8-6-16(7-9-17)13-25-22-12-18-4-2-3-5-20(18)24(22)28/h2-11,14,22,24-25,28H,12-13H2,1H3,(H,26,27). The number of aryl methyl sites for hydroxylation is 1. The Balaban J connectivity index is 1.30. The first-order chi connectivity index (χ1) is 13.7. The van der Waals surface area contributed by atoms with Gasteiger partial charge in [0.2, 0.25) is 0 Å². The number of hydrogen-bond acceptors (Lipinski definition) is 3.